The molecule has 2 rings (SSSR count). The molecule has 0 radical (unpaired) electrons. The van der Waals surface area contributed by atoms with Crippen LogP contribution in [0.4, 0.5) is 0 Å². The van der Waals surface area contributed by atoms with E-state index in [4.69, 9.17) is 0 Å². The van der Waals surface area contributed by atoms with Gasteiger partial charge in [-0.05, 0) is 25.2 Å². The lowest BCUT2D eigenvalue weighted by Gasteiger charge is -2.27. The van der Waals surface area contributed by atoms with E-state index in [1.807, 2.05) is 0 Å². The van der Waals surface area contributed by atoms with E-state index in [9.17, 15) is 8.42 Å². The molecule has 1 aliphatic heterocycles. The van der Waals surface area contributed by atoms with Crippen LogP contribution in [-0.2, 0) is 10.0 Å². The lowest BCUT2D eigenvalue weighted by molar-refractivity contribution is 0.253. The molecule has 5 nitrogen and oxygen atoms in total. The summed E-state index contributed by atoms with van der Waals surface area (Å²) < 4.78 is 26.7. The minimum absolute atomic E-state index is 0.218. The zero-order chi connectivity index (χ0) is 13.6. The van der Waals surface area contributed by atoms with Gasteiger partial charge in [0, 0.05) is 39.3 Å². The van der Waals surface area contributed by atoms with Gasteiger partial charge in [-0.25, -0.2) is 13.1 Å². The summed E-state index contributed by atoms with van der Waals surface area (Å²) in [6.07, 6.45) is 7.50. The molecule has 110 valence electrons. The third kappa shape index (κ3) is 5.60. The fourth-order valence-corrected chi connectivity index (χ4v) is 3.68. The number of sulfonamides is 1. The number of hydrogen-bond acceptors (Lipinski definition) is 4. The Morgan fingerprint density at radius 1 is 1.26 bits per heavy atom. The average molecular weight is 287 g/mol. The Morgan fingerprint density at radius 2 is 2.05 bits per heavy atom. The third-order valence-electron chi connectivity index (χ3n) is 3.86. The van der Waals surface area contributed by atoms with Gasteiger partial charge in [0.25, 0.3) is 0 Å². The van der Waals surface area contributed by atoms with Gasteiger partial charge in [-0.1, -0.05) is 12.2 Å². The summed E-state index contributed by atoms with van der Waals surface area (Å²) in [6, 6.07) is 0. The van der Waals surface area contributed by atoms with Crippen LogP contribution in [0.1, 0.15) is 19.3 Å². The molecule has 1 saturated heterocycles. The first-order valence-electron chi connectivity index (χ1n) is 7.21. The van der Waals surface area contributed by atoms with Gasteiger partial charge < -0.3 is 5.32 Å². The van der Waals surface area contributed by atoms with Gasteiger partial charge in [0.1, 0.15) is 0 Å². The number of nitrogens with one attached hydrogen (secondary N) is 2. The average Bonchev–Trinajstić information content (AvgIpc) is 2.46. The fourth-order valence-electron chi connectivity index (χ4n) is 2.54. The van der Waals surface area contributed by atoms with Crippen molar-refractivity contribution in [3.05, 3.63) is 12.2 Å². The Kier molecular flexibility index (Phi) is 5.81. The van der Waals surface area contributed by atoms with Crippen LogP contribution >= 0.6 is 0 Å². The molecule has 0 aromatic carbocycles. The van der Waals surface area contributed by atoms with E-state index in [1.54, 1.807) is 0 Å². The number of rotatable bonds is 6. The summed E-state index contributed by atoms with van der Waals surface area (Å²) in [5, 5.41) is 3.27. The lowest BCUT2D eigenvalue weighted by atomic mass is 9.95. The van der Waals surface area contributed by atoms with Gasteiger partial charge in [-0.3, -0.25) is 4.90 Å². The van der Waals surface area contributed by atoms with Gasteiger partial charge in [-0.2, -0.15) is 0 Å². The Morgan fingerprint density at radius 3 is 2.74 bits per heavy atom. The molecule has 1 unspecified atom stereocenters. The largest absolute Gasteiger partial charge is 0.314 e. The summed E-state index contributed by atoms with van der Waals surface area (Å²) in [5.74, 6) is 0.689. The third-order valence-corrected chi connectivity index (χ3v) is 5.18. The predicted molar refractivity (Wildman–Crippen MR) is 77.6 cm³/mol. The van der Waals surface area contributed by atoms with Crippen molar-refractivity contribution >= 4 is 10.0 Å². The van der Waals surface area contributed by atoms with Crippen LogP contribution < -0.4 is 10.0 Å². The van der Waals surface area contributed by atoms with E-state index in [0.29, 0.717) is 19.0 Å². The zero-order valence-corrected chi connectivity index (χ0v) is 12.3. The Bertz CT molecular complexity index is 389. The van der Waals surface area contributed by atoms with E-state index in [2.05, 4.69) is 27.1 Å². The van der Waals surface area contributed by atoms with Crippen molar-refractivity contribution in [2.45, 2.75) is 19.3 Å². The van der Waals surface area contributed by atoms with Crippen molar-refractivity contribution in [3.63, 3.8) is 0 Å². The van der Waals surface area contributed by atoms with E-state index in [-0.39, 0.29) is 5.75 Å². The van der Waals surface area contributed by atoms with Crippen molar-refractivity contribution < 1.29 is 8.42 Å². The maximum absolute atomic E-state index is 11.9. The van der Waals surface area contributed by atoms with E-state index in [0.717, 1.165) is 45.4 Å². The molecule has 2 aliphatic rings. The molecule has 1 heterocycles. The number of piperazine rings is 1. The molecule has 0 amide bonds. The standard InChI is InChI=1S/C13H25N3O2S/c17-19(18,11-10-16-8-6-14-7-9-16)15-12-13-4-2-1-3-5-13/h1-2,13-15H,3-12H2. The molecule has 1 aliphatic carbocycles. The minimum Gasteiger partial charge on any atom is -0.314 e. The van der Waals surface area contributed by atoms with Crippen molar-refractivity contribution in [2.24, 2.45) is 5.92 Å². The summed E-state index contributed by atoms with van der Waals surface area (Å²) in [7, 11) is -3.12. The van der Waals surface area contributed by atoms with E-state index in [1.165, 1.54) is 0 Å². The van der Waals surface area contributed by atoms with E-state index < -0.39 is 10.0 Å². The van der Waals surface area contributed by atoms with Crippen molar-refractivity contribution in [2.75, 3.05) is 45.0 Å². The van der Waals surface area contributed by atoms with Crippen molar-refractivity contribution in [3.8, 4) is 0 Å². The van der Waals surface area contributed by atoms with Crippen LogP contribution in [0.25, 0.3) is 0 Å². The Balaban J connectivity index is 1.67. The highest BCUT2D eigenvalue weighted by molar-refractivity contribution is 7.89. The molecular formula is C13H25N3O2S. The second kappa shape index (κ2) is 7.38. The summed E-state index contributed by atoms with van der Waals surface area (Å²) in [5.41, 5.74) is 0. The van der Waals surface area contributed by atoms with Crippen LogP contribution in [0.2, 0.25) is 0 Å². The first kappa shape index (κ1) is 15.0. The molecule has 1 fully saturated rings. The maximum Gasteiger partial charge on any atom is 0.212 e. The summed E-state index contributed by atoms with van der Waals surface area (Å²) in [6.45, 7) is 5.05. The fraction of sp³-hybridized carbons (Fsp3) is 0.846. The predicted octanol–water partition coefficient (Wildman–Crippen LogP) is 0.167. The van der Waals surface area contributed by atoms with Gasteiger partial charge in [0.15, 0.2) is 0 Å². The lowest BCUT2D eigenvalue weighted by Crippen LogP contribution is -2.46. The highest BCUT2D eigenvalue weighted by Crippen LogP contribution is 2.17. The highest BCUT2D eigenvalue weighted by atomic mass is 32.2. The SMILES string of the molecule is O=S(=O)(CCN1CCNCC1)NCC1CC=CCC1. The normalized spacial score (nSPS) is 25.6. The number of hydrogen-bond donors (Lipinski definition) is 2. The highest BCUT2D eigenvalue weighted by Gasteiger charge is 2.17. The van der Waals surface area contributed by atoms with Gasteiger partial charge >= 0.3 is 0 Å². The summed E-state index contributed by atoms with van der Waals surface area (Å²) in [4.78, 5) is 2.21. The van der Waals surface area contributed by atoms with Crippen molar-refractivity contribution in [1.82, 2.24) is 14.9 Å². The molecule has 0 bridgehead atoms. The van der Waals surface area contributed by atoms with Crippen LogP contribution in [0, 0.1) is 5.92 Å². The summed E-state index contributed by atoms with van der Waals surface area (Å²) >= 11 is 0. The Hall–Kier alpha value is -0.430. The van der Waals surface area contributed by atoms with Crippen LogP contribution in [-0.4, -0.2) is 58.3 Å². The van der Waals surface area contributed by atoms with Crippen molar-refractivity contribution in [1.29, 1.82) is 0 Å². The monoisotopic (exact) mass is 287 g/mol. The van der Waals surface area contributed by atoms with Gasteiger partial charge in [0.2, 0.25) is 10.0 Å². The molecule has 6 heteroatoms. The maximum atomic E-state index is 11.9. The molecule has 0 aromatic rings. The molecule has 19 heavy (non-hydrogen) atoms. The van der Waals surface area contributed by atoms with Crippen LogP contribution in [0.3, 0.4) is 0 Å². The van der Waals surface area contributed by atoms with Crippen LogP contribution in [0.15, 0.2) is 12.2 Å². The first-order chi connectivity index (χ1) is 9.16. The van der Waals surface area contributed by atoms with E-state index >= 15 is 0 Å². The zero-order valence-electron chi connectivity index (χ0n) is 11.5. The van der Waals surface area contributed by atoms with Crippen LogP contribution in [0.5, 0.6) is 0 Å². The topological polar surface area (TPSA) is 61.4 Å². The molecule has 1 atom stereocenters. The molecule has 0 spiro atoms. The molecule has 2 N–H and O–H groups in total. The molecule has 0 aromatic heterocycles. The number of nitrogens with zero attached hydrogens (tertiary/aromatic N) is 1. The Labute approximate surface area is 116 Å². The second-order valence-electron chi connectivity index (χ2n) is 5.41. The first-order valence-corrected chi connectivity index (χ1v) is 8.86. The number of allylic oxidation sites excluding steroid dienone is 2. The minimum atomic E-state index is -3.12. The molecule has 0 saturated carbocycles. The molecular weight excluding hydrogens is 262 g/mol. The van der Waals surface area contributed by atoms with Gasteiger partial charge in [-0.15, -0.1) is 0 Å². The second-order valence-corrected chi connectivity index (χ2v) is 7.34. The quantitative estimate of drug-likeness (QED) is 0.684. The smallest absolute Gasteiger partial charge is 0.212 e. The van der Waals surface area contributed by atoms with Gasteiger partial charge in [0.05, 0.1) is 5.75 Å².